The van der Waals surface area contributed by atoms with Gasteiger partial charge in [0.05, 0.1) is 5.92 Å². The molecule has 2 aromatic heterocycles. The van der Waals surface area contributed by atoms with Gasteiger partial charge in [-0.05, 0) is 43.0 Å². The quantitative estimate of drug-likeness (QED) is 0.831. The number of likely N-dealkylation sites (tertiary alicyclic amines) is 2. The van der Waals surface area contributed by atoms with Gasteiger partial charge >= 0.3 is 0 Å². The van der Waals surface area contributed by atoms with E-state index in [-0.39, 0.29) is 23.3 Å². The number of carbonyl (C=O) groups is 2. The van der Waals surface area contributed by atoms with Gasteiger partial charge in [-0.25, -0.2) is 0 Å². The van der Waals surface area contributed by atoms with Crippen LogP contribution in [0.4, 0.5) is 0 Å². The molecule has 0 radical (unpaired) electrons. The molecule has 2 saturated heterocycles. The summed E-state index contributed by atoms with van der Waals surface area (Å²) < 4.78 is 1.86. The van der Waals surface area contributed by atoms with E-state index in [4.69, 9.17) is 0 Å². The standard InChI is InChI=1S/C20H24N4O2/c1-22-10-4-6-17(22)19(26)24-11-7-20(8-12-24)13-16(18(25)23(20)2)15-5-3-9-21-14-15/h3-6,9-10,14,16H,7-8,11-13H2,1-2H3. The summed E-state index contributed by atoms with van der Waals surface area (Å²) in [5.41, 5.74) is 1.55. The van der Waals surface area contributed by atoms with Crippen molar-refractivity contribution in [1.29, 1.82) is 0 Å². The number of aryl methyl sites for hydroxylation is 1. The van der Waals surface area contributed by atoms with Crippen molar-refractivity contribution in [3.05, 3.63) is 54.1 Å². The number of carbonyl (C=O) groups excluding carboxylic acids is 2. The lowest BCUT2D eigenvalue weighted by atomic mass is 9.81. The van der Waals surface area contributed by atoms with Crippen LogP contribution in [-0.4, -0.2) is 56.8 Å². The molecule has 26 heavy (non-hydrogen) atoms. The Morgan fingerprint density at radius 1 is 1.19 bits per heavy atom. The van der Waals surface area contributed by atoms with E-state index in [0.29, 0.717) is 18.8 Å². The lowest BCUT2D eigenvalue weighted by molar-refractivity contribution is -0.131. The molecule has 136 valence electrons. The van der Waals surface area contributed by atoms with Gasteiger partial charge in [-0.15, -0.1) is 0 Å². The number of amides is 2. The minimum absolute atomic E-state index is 0.0723. The summed E-state index contributed by atoms with van der Waals surface area (Å²) >= 11 is 0. The summed E-state index contributed by atoms with van der Waals surface area (Å²) in [6.07, 6.45) is 7.87. The van der Waals surface area contributed by atoms with Crippen LogP contribution in [-0.2, 0) is 11.8 Å². The van der Waals surface area contributed by atoms with Crippen molar-refractivity contribution in [2.75, 3.05) is 20.1 Å². The topological polar surface area (TPSA) is 58.4 Å². The highest BCUT2D eigenvalue weighted by Crippen LogP contribution is 2.44. The molecule has 2 aliphatic rings. The third-order valence-electron chi connectivity index (χ3n) is 6.16. The first kappa shape index (κ1) is 16.8. The molecule has 0 saturated carbocycles. The Labute approximate surface area is 153 Å². The van der Waals surface area contributed by atoms with Crippen LogP contribution in [0.1, 0.15) is 41.2 Å². The average molecular weight is 352 g/mol. The summed E-state index contributed by atoms with van der Waals surface area (Å²) in [5, 5.41) is 0. The number of nitrogens with zero attached hydrogens (tertiary/aromatic N) is 4. The molecule has 2 fully saturated rings. The molecule has 2 aromatic rings. The third kappa shape index (κ3) is 2.60. The Bertz CT molecular complexity index is 821. The van der Waals surface area contributed by atoms with E-state index in [0.717, 1.165) is 24.8 Å². The van der Waals surface area contributed by atoms with E-state index in [1.165, 1.54) is 0 Å². The van der Waals surface area contributed by atoms with E-state index in [2.05, 4.69) is 4.98 Å². The Kier molecular flexibility index (Phi) is 4.05. The van der Waals surface area contributed by atoms with Gasteiger partial charge in [0.1, 0.15) is 5.69 Å². The minimum atomic E-state index is -0.150. The van der Waals surface area contributed by atoms with Crippen LogP contribution in [0.5, 0.6) is 0 Å². The minimum Gasteiger partial charge on any atom is -0.347 e. The molecule has 1 atom stereocenters. The number of rotatable bonds is 2. The van der Waals surface area contributed by atoms with Crippen molar-refractivity contribution >= 4 is 11.8 Å². The smallest absolute Gasteiger partial charge is 0.270 e. The van der Waals surface area contributed by atoms with Gasteiger partial charge in [0.2, 0.25) is 5.91 Å². The molecule has 0 N–H and O–H groups in total. The zero-order valence-electron chi connectivity index (χ0n) is 15.3. The molecule has 4 rings (SSSR count). The maximum absolute atomic E-state index is 12.8. The molecule has 1 unspecified atom stereocenters. The fourth-order valence-corrected chi connectivity index (χ4v) is 4.43. The fourth-order valence-electron chi connectivity index (χ4n) is 4.43. The average Bonchev–Trinajstić information content (AvgIpc) is 3.20. The van der Waals surface area contributed by atoms with Crippen LogP contribution >= 0.6 is 0 Å². The highest BCUT2D eigenvalue weighted by molar-refractivity contribution is 5.93. The second kappa shape index (κ2) is 6.27. The van der Waals surface area contributed by atoms with E-state index in [1.54, 1.807) is 12.4 Å². The van der Waals surface area contributed by atoms with E-state index in [9.17, 15) is 9.59 Å². The third-order valence-corrected chi connectivity index (χ3v) is 6.16. The van der Waals surface area contributed by atoms with Crippen LogP contribution < -0.4 is 0 Å². The number of piperidine rings is 1. The molecule has 0 aliphatic carbocycles. The van der Waals surface area contributed by atoms with Crippen LogP contribution in [0.3, 0.4) is 0 Å². The van der Waals surface area contributed by atoms with Crippen LogP contribution in [0.25, 0.3) is 0 Å². The van der Waals surface area contributed by atoms with Gasteiger partial charge < -0.3 is 14.4 Å². The Morgan fingerprint density at radius 3 is 2.58 bits per heavy atom. The first-order chi connectivity index (χ1) is 12.5. The van der Waals surface area contributed by atoms with Gasteiger partial charge in [-0.2, -0.15) is 0 Å². The summed E-state index contributed by atoms with van der Waals surface area (Å²) in [5.74, 6) is 0.118. The molecule has 2 amide bonds. The predicted octanol–water partition coefficient (Wildman–Crippen LogP) is 2.04. The maximum atomic E-state index is 12.8. The van der Waals surface area contributed by atoms with Crippen molar-refractivity contribution in [3.8, 4) is 0 Å². The molecule has 0 bridgehead atoms. The number of hydrogen-bond acceptors (Lipinski definition) is 3. The number of pyridine rings is 1. The lowest BCUT2D eigenvalue weighted by Crippen LogP contribution is -2.52. The van der Waals surface area contributed by atoms with Crippen molar-refractivity contribution in [3.63, 3.8) is 0 Å². The predicted molar refractivity (Wildman–Crippen MR) is 97.6 cm³/mol. The molecule has 2 aliphatic heterocycles. The van der Waals surface area contributed by atoms with E-state index >= 15 is 0 Å². The largest absolute Gasteiger partial charge is 0.347 e. The molecular weight excluding hydrogens is 328 g/mol. The Hall–Kier alpha value is -2.63. The van der Waals surface area contributed by atoms with E-state index < -0.39 is 0 Å². The molecular formula is C20H24N4O2. The van der Waals surface area contributed by atoms with Crippen LogP contribution in [0, 0.1) is 0 Å². The van der Waals surface area contributed by atoms with Crippen LogP contribution in [0.15, 0.2) is 42.9 Å². The highest BCUT2D eigenvalue weighted by Gasteiger charge is 2.50. The van der Waals surface area contributed by atoms with Gasteiger partial charge in [0, 0.05) is 51.3 Å². The van der Waals surface area contributed by atoms with Crippen molar-refractivity contribution in [2.24, 2.45) is 7.05 Å². The fraction of sp³-hybridized carbons (Fsp3) is 0.450. The van der Waals surface area contributed by atoms with E-state index in [1.807, 2.05) is 58.9 Å². The van der Waals surface area contributed by atoms with Gasteiger partial charge in [-0.1, -0.05) is 6.07 Å². The number of aromatic nitrogens is 2. The monoisotopic (exact) mass is 352 g/mol. The SMILES string of the molecule is CN1C(=O)C(c2cccnc2)CC12CCN(C(=O)c1cccn1C)CC2. The first-order valence-electron chi connectivity index (χ1n) is 9.10. The molecule has 1 spiro atoms. The number of hydrogen-bond donors (Lipinski definition) is 0. The van der Waals surface area contributed by atoms with Crippen LogP contribution in [0.2, 0.25) is 0 Å². The summed E-state index contributed by atoms with van der Waals surface area (Å²) in [6.45, 7) is 1.36. The van der Waals surface area contributed by atoms with Crippen molar-refractivity contribution < 1.29 is 9.59 Å². The maximum Gasteiger partial charge on any atom is 0.270 e. The second-order valence-corrected chi connectivity index (χ2v) is 7.46. The summed E-state index contributed by atoms with van der Waals surface area (Å²) in [7, 11) is 3.80. The van der Waals surface area contributed by atoms with Gasteiger partial charge in [0.15, 0.2) is 0 Å². The molecule has 6 nitrogen and oxygen atoms in total. The second-order valence-electron chi connectivity index (χ2n) is 7.46. The Balaban J connectivity index is 1.49. The van der Waals surface area contributed by atoms with Crippen molar-refractivity contribution in [2.45, 2.75) is 30.7 Å². The van der Waals surface area contributed by atoms with Crippen molar-refractivity contribution in [1.82, 2.24) is 19.4 Å². The van der Waals surface area contributed by atoms with Gasteiger partial charge in [-0.3, -0.25) is 14.6 Å². The van der Waals surface area contributed by atoms with Gasteiger partial charge in [0.25, 0.3) is 5.91 Å². The normalized spacial score (nSPS) is 22.2. The summed E-state index contributed by atoms with van der Waals surface area (Å²) in [4.78, 5) is 33.6. The first-order valence-corrected chi connectivity index (χ1v) is 9.10. The molecule has 0 aromatic carbocycles. The Morgan fingerprint density at radius 2 is 1.96 bits per heavy atom. The summed E-state index contributed by atoms with van der Waals surface area (Å²) in [6, 6.07) is 7.61. The highest BCUT2D eigenvalue weighted by atomic mass is 16.2. The number of likely N-dealkylation sites (N-methyl/N-ethyl adjacent to an activating group) is 1. The zero-order chi connectivity index (χ0) is 18.3. The molecule has 4 heterocycles. The molecule has 6 heteroatoms. The zero-order valence-corrected chi connectivity index (χ0v) is 15.3. The lowest BCUT2D eigenvalue weighted by Gasteiger charge is -2.43.